The molecule has 12 aromatic heterocycles. The second kappa shape index (κ2) is 29.4. The average molecular weight is 1670 g/mol. The monoisotopic (exact) mass is 1670 g/mol. The van der Waals surface area contributed by atoms with E-state index in [1.165, 1.54) is 102 Å². The van der Waals surface area contributed by atoms with Crippen LogP contribution in [0.15, 0.2) is 413 Å². The van der Waals surface area contributed by atoms with Gasteiger partial charge < -0.3 is 13.7 Å². The lowest BCUT2D eigenvalue weighted by Gasteiger charge is -2.13. The van der Waals surface area contributed by atoms with Crippen molar-refractivity contribution in [3.05, 3.63) is 413 Å². The number of rotatable bonds is 9. The van der Waals surface area contributed by atoms with Gasteiger partial charge in [0.25, 0.3) is 0 Å². The van der Waals surface area contributed by atoms with Gasteiger partial charge in [-0.05, 0) is 126 Å². The van der Waals surface area contributed by atoms with Gasteiger partial charge >= 0.3 is 0 Å². The largest absolute Gasteiger partial charge is 0.309 e. The maximum absolute atomic E-state index is 5.13. The predicted molar refractivity (Wildman–Crippen MR) is 530 cm³/mol. The number of fused-ring (bicyclic) bond motifs is 27. The second-order valence-electron chi connectivity index (χ2n) is 32.1. The lowest BCUT2D eigenvalue weighted by Crippen LogP contribution is -2.07. The molecule has 28 rings (SSSR count). The van der Waals surface area contributed by atoms with Crippen LogP contribution in [0.3, 0.4) is 0 Å². The lowest BCUT2D eigenvalue weighted by atomic mass is 10.1. The third kappa shape index (κ3) is 11.3. The first-order chi connectivity index (χ1) is 63.6. The third-order valence-electron chi connectivity index (χ3n) is 25.1. The molecule has 0 aliphatic carbocycles. The van der Waals surface area contributed by atoms with Crippen LogP contribution in [0.4, 0.5) is 0 Å². The molecule has 0 fully saturated rings. The summed E-state index contributed by atoms with van der Waals surface area (Å²) in [5.41, 5.74) is 23.0. The molecule has 16 aromatic carbocycles. The van der Waals surface area contributed by atoms with Crippen LogP contribution in [0.2, 0.25) is 0 Å². The third-order valence-corrected chi connectivity index (χ3v) is 27.4. The summed E-state index contributed by atoms with van der Waals surface area (Å²) in [4.78, 5) is 39.8. The smallest absolute Gasteiger partial charge is 0.240 e. The Kier molecular flexibility index (Phi) is 16.7. The van der Waals surface area contributed by atoms with Crippen molar-refractivity contribution in [3.8, 4) is 68.5 Å². The number of hydrogen-bond acceptors (Lipinski definition) is 10. The van der Waals surface area contributed by atoms with Crippen LogP contribution in [0.1, 0.15) is 0 Å². The fraction of sp³-hybridized carbons (Fsp3) is 0. The van der Waals surface area contributed by atoms with E-state index in [0.29, 0.717) is 17.6 Å². The van der Waals surface area contributed by atoms with Gasteiger partial charge in [-0.2, -0.15) is 9.97 Å². The number of pyridine rings is 1. The van der Waals surface area contributed by atoms with Gasteiger partial charge in [0.2, 0.25) is 5.95 Å². The summed E-state index contributed by atoms with van der Waals surface area (Å²) in [5.74, 6) is 3.59. The fourth-order valence-electron chi connectivity index (χ4n) is 19.7. The molecule has 0 amide bonds. The maximum atomic E-state index is 5.13. The van der Waals surface area contributed by atoms with E-state index in [1.807, 2.05) is 72.9 Å². The van der Waals surface area contributed by atoms with Crippen molar-refractivity contribution in [1.29, 1.82) is 0 Å². The SMILES string of the molecule is c1ccc(-c2ccc(-n3c4ccccc4c4c5c(ccc43)sc3c(-n4c6ccccc6c6ccccc64)ncnc35)cc2)cc1.c1ccc(-c2nc(-c3ccccc3)nc(-n3c4ncccc4c4ccc5c6ccccc6n(-c6ccccc6)c5c43)n2)cc1.c1ccc(-n2c3ccccc3c3c4c(ccc32)sc2c(-n3c5ccccc5c5ccccc53)ncnc24)cc1. The normalized spacial score (nSPS) is 11.9. The van der Waals surface area contributed by atoms with E-state index in [-0.39, 0.29) is 0 Å². The Labute approximate surface area is 738 Å². The summed E-state index contributed by atoms with van der Waals surface area (Å²) in [6.45, 7) is 0. The Balaban J connectivity index is 0.000000102. The lowest BCUT2D eigenvalue weighted by molar-refractivity contribution is 0.944. The molecule has 12 heterocycles. The molecular weight excluding hydrogens is 1610 g/mol. The van der Waals surface area contributed by atoms with E-state index in [2.05, 4.69) is 355 Å². The van der Waals surface area contributed by atoms with Crippen molar-refractivity contribution in [3.63, 3.8) is 0 Å². The topological polar surface area (TPSA) is 133 Å². The molecule has 0 atom stereocenters. The van der Waals surface area contributed by atoms with Crippen molar-refractivity contribution < 1.29 is 0 Å². The molecule has 0 unspecified atom stereocenters. The van der Waals surface area contributed by atoms with E-state index in [9.17, 15) is 0 Å². The van der Waals surface area contributed by atoms with E-state index < -0.39 is 0 Å². The highest BCUT2D eigenvalue weighted by Gasteiger charge is 2.28. The molecule has 0 aliphatic heterocycles. The Bertz CT molecular complexity index is 9170. The average Bonchev–Trinajstić information content (AvgIpc) is 1.56. The standard InChI is InChI=1S/C40H24N4S.C38H24N6.C34H20N4S/c1-2-10-25(11-3-1)26-18-20-27(21-19-26)43-33-17-9-6-14-30(33)36-34(43)22-23-35-37(36)38-39(45-35)40(42-24-41-38)44-31-15-7-4-12-28(31)29-13-5-8-16-32(29)44;1-4-13-25(14-5-1)35-40-36(26-15-6-2-7-16-26)42-38(41-35)44-34-30(31-20-12-24-39-37(31)44)23-22-29-28-19-10-11-21-32(28)43(33(29)34)27-17-8-3-9-18-27;1-2-10-21(11-3-1)37-27-17-9-6-14-24(27)30-28(37)18-19-29-31(30)32-33(39-29)34(36-20-35-32)38-25-15-7-4-12-22(25)23-13-5-8-16-26(23)38/h1-24H;1-24H;1-20H. The number of aromatic nitrogens is 14. The maximum Gasteiger partial charge on any atom is 0.240 e. The Morgan fingerprint density at radius 2 is 0.539 bits per heavy atom. The van der Waals surface area contributed by atoms with Crippen LogP contribution in [-0.2, 0) is 0 Å². The molecule has 0 bridgehead atoms. The van der Waals surface area contributed by atoms with Crippen LogP contribution >= 0.6 is 22.7 Å². The molecule has 0 spiro atoms. The van der Waals surface area contributed by atoms with Crippen molar-refractivity contribution >= 4 is 194 Å². The quantitative estimate of drug-likeness (QED) is 0.140. The van der Waals surface area contributed by atoms with Gasteiger partial charge in [-0.15, -0.1) is 22.7 Å². The van der Waals surface area contributed by atoms with Crippen molar-refractivity contribution in [2.75, 3.05) is 0 Å². The summed E-state index contributed by atoms with van der Waals surface area (Å²) < 4.78 is 18.4. The highest BCUT2D eigenvalue weighted by atomic mass is 32.1. The van der Waals surface area contributed by atoms with E-state index in [4.69, 9.17) is 39.9 Å². The minimum absolute atomic E-state index is 0.522. The molecular formula is C112H68N14S2. The van der Waals surface area contributed by atoms with Gasteiger partial charge in [-0.1, -0.05) is 279 Å². The first-order valence-electron chi connectivity index (χ1n) is 42.7. The fourth-order valence-corrected chi connectivity index (χ4v) is 22.0. The first kappa shape index (κ1) is 72.7. The molecule has 0 saturated heterocycles. The van der Waals surface area contributed by atoms with Gasteiger partial charge in [-0.25, -0.2) is 29.9 Å². The van der Waals surface area contributed by atoms with Gasteiger partial charge in [0.15, 0.2) is 23.3 Å². The molecule has 0 radical (unpaired) electrons. The van der Waals surface area contributed by atoms with Gasteiger partial charge in [-0.3, -0.25) is 13.7 Å². The number of hydrogen-bond donors (Lipinski definition) is 0. The number of nitrogens with zero attached hydrogens (tertiary/aromatic N) is 14. The summed E-state index contributed by atoms with van der Waals surface area (Å²) in [7, 11) is 0. The number of para-hydroxylation sites is 9. The zero-order valence-electron chi connectivity index (χ0n) is 68.3. The molecule has 0 N–H and O–H groups in total. The van der Waals surface area contributed by atoms with E-state index >= 15 is 0 Å². The van der Waals surface area contributed by atoms with E-state index in [0.717, 1.165) is 121 Å². The summed E-state index contributed by atoms with van der Waals surface area (Å²) in [5, 5.41) is 16.7. The van der Waals surface area contributed by atoms with Crippen LogP contribution in [0.5, 0.6) is 0 Å². The zero-order chi connectivity index (χ0) is 84.0. The minimum Gasteiger partial charge on any atom is -0.309 e. The van der Waals surface area contributed by atoms with Crippen molar-refractivity contribution in [1.82, 2.24) is 67.3 Å². The molecule has 16 heteroatoms. The first-order valence-corrected chi connectivity index (χ1v) is 44.3. The molecule has 28 aromatic rings. The zero-order valence-corrected chi connectivity index (χ0v) is 70.0. The van der Waals surface area contributed by atoms with Gasteiger partial charge in [0.05, 0.1) is 81.1 Å². The number of benzene rings is 16. The second-order valence-corrected chi connectivity index (χ2v) is 34.2. The molecule has 0 saturated carbocycles. The summed E-state index contributed by atoms with van der Waals surface area (Å²) in [6, 6.07) is 139. The van der Waals surface area contributed by atoms with Gasteiger partial charge in [0.1, 0.15) is 18.3 Å². The Morgan fingerprint density at radius 3 is 0.984 bits per heavy atom. The van der Waals surface area contributed by atoms with Crippen molar-refractivity contribution in [2.24, 2.45) is 0 Å². The highest BCUT2D eigenvalue weighted by Crippen LogP contribution is 2.49. The van der Waals surface area contributed by atoms with Crippen molar-refractivity contribution in [2.45, 2.75) is 0 Å². The molecule has 598 valence electrons. The summed E-state index contributed by atoms with van der Waals surface area (Å²) in [6.07, 6.45) is 5.29. The van der Waals surface area contributed by atoms with Crippen LogP contribution in [0.25, 0.3) is 240 Å². The predicted octanol–water partition coefficient (Wildman–Crippen LogP) is 28.5. The summed E-state index contributed by atoms with van der Waals surface area (Å²) >= 11 is 3.55. The highest BCUT2D eigenvalue weighted by molar-refractivity contribution is 7.26. The number of thiophene rings is 2. The Hall–Kier alpha value is -16.9. The van der Waals surface area contributed by atoms with E-state index in [1.54, 1.807) is 35.3 Å². The Morgan fingerprint density at radius 1 is 0.203 bits per heavy atom. The van der Waals surface area contributed by atoms with Crippen LogP contribution in [-0.4, -0.2) is 67.3 Å². The van der Waals surface area contributed by atoms with Gasteiger partial charge in [0, 0.05) is 119 Å². The molecule has 0 aliphatic rings. The van der Waals surface area contributed by atoms with Crippen LogP contribution < -0.4 is 0 Å². The molecule has 14 nitrogen and oxygen atoms in total. The van der Waals surface area contributed by atoms with Crippen LogP contribution in [0, 0.1) is 0 Å². The minimum atomic E-state index is 0.522. The molecule has 128 heavy (non-hydrogen) atoms.